The molecule has 0 aliphatic rings. The molecule has 0 saturated heterocycles. The van der Waals surface area contributed by atoms with Crippen molar-refractivity contribution in [3.05, 3.63) is 30.1 Å². The van der Waals surface area contributed by atoms with Crippen LogP contribution in [0.25, 0.3) is 5.70 Å². The van der Waals surface area contributed by atoms with Gasteiger partial charge >= 0.3 is 0 Å². The van der Waals surface area contributed by atoms with E-state index >= 15 is 0 Å². The molecule has 5 heteroatoms. The van der Waals surface area contributed by atoms with Gasteiger partial charge in [-0.05, 0) is 26.0 Å². The minimum absolute atomic E-state index is 0.142. The van der Waals surface area contributed by atoms with Crippen molar-refractivity contribution in [2.75, 3.05) is 5.73 Å². The topological polar surface area (TPSA) is 94.2 Å². The normalized spacial score (nSPS) is 11.9. The standard InChI is InChI=1S/C10H17N5/c1-7(2)15(13)9(6-11)8-4-3-5-10(12)14-8/h3-7H,11,13H2,1-2H3,(H2,12,14)/b9-6-. The molecule has 1 aromatic rings. The van der Waals surface area contributed by atoms with Gasteiger partial charge in [0.2, 0.25) is 0 Å². The van der Waals surface area contributed by atoms with E-state index in [9.17, 15) is 0 Å². The highest BCUT2D eigenvalue weighted by molar-refractivity contribution is 5.61. The Kier molecular flexibility index (Phi) is 3.51. The van der Waals surface area contributed by atoms with Gasteiger partial charge in [0, 0.05) is 12.2 Å². The molecule has 0 atom stereocenters. The molecule has 0 bridgehead atoms. The van der Waals surface area contributed by atoms with Crippen LogP contribution in [0.15, 0.2) is 24.4 Å². The predicted octanol–water partition coefficient (Wildman–Crippen LogP) is 0.505. The third-order valence-electron chi connectivity index (χ3n) is 2.03. The van der Waals surface area contributed by atoms with Gasteiger partial charge in [0.1, 0.15) is 5.82 Å². The molecule has 0 saturated carbocycles. The Morgan fingerprint density at radius 3 is 2.60 bits per heavy atom. The summed E-state index contributed by atoms with van der Waals surface area (Å²) in [6, 6.07) is 5.49. The molecule has 5 nitrogen and oxygen atoms in total. The first-order valence-corrected chi connectivity index (χ1v) is 4.75. The lowest BCUT2D eigenvalue weighted by molar-refractivity contribution is 0.341. The van der Waals surface area contributed by atoms with Crippen LogP contribution < -0.4 is 17.3 Å². The number of aromatic nitrogens is 1. The number of nitrogen functional groups attached to an aromatic ring is 1. The van der Waals surface area contributed by atoms with Gasteiger partial charge < -0.3 is 16.5 Å². The van der Waals surface area contributed by atoms with Crippen LogP contribution in [0.5, 0.6) is 0 Å². The molecule has 0 fully saturated rings. The second-order valence-electron chi connectivity index (χ2n) is 3.50. The number of hydrogen-bond acceptors (Lipinski definition) is 5. The first kappa shape index (κ1) is 11.3. The van der Waals surface area contributed by atoms with E-state index in [1.165, 1.54) is 6.20 Å². The van der Waals surface area contributed by atoms with E-state index in [-0.39, 0.29) is 6.04 Å². The molecule has 1 heterocycles. The van der Waals surface area contributed by atoms with Gasteiger partial charge in [0.25, 0.3) is 0 Å². The fourth-order valence-electron chi connectivity index (χ4n) is 1.18. The smallest absolute Gasteiger partial charge is 0.124 e. The predicted molar refractivity (Wildman–Crippen MR) is 62.0 cm³/mol. The summed E-state index contributed by atoms with van der Waals surface area (Å²) in [4.78, 5) is 4.16. The van der Waals surface area contributed by atoms with Gasteiger partial charge in [-0.2, -0.15) is 0 Å². The van der Waals surface area contributed by atoms with Crippen molar-refractivity contribution in [3.8, 4) is 0 Å². The Bertz CT molecular complexity index is 359. The van der Waals surface area contributed by atoms with Crippen molar-refractivity contribution in [1.29, 1.82) is 0 Å². The number of nitrogens with two attached hydrogens (primary N) is 3. The number of anilines is 1. The second-order valence-corrected chi connectivity index (χ2v) is 3.50. The summed E-state index contributed by atoms with van der Waals surface area (Å²) in [6.45, 7) is 3.94. The zero-order chi connectivity index (χ0) is 11.4. The number of rotatable bonds is 3. The lowest BCUT2D eigenvalue weighted by Gasteiger charge is -2.25. The van der Waals surface area contributed by atoms with Crippen molar-refractivity contribution in [2.24, 2.45) is 11.6 Å². The van der Waals surface area contributed by atoms with Crippen molar-refractivity contribution in [3.63, 3.8) is 0 Å². The number of hydrazine groups is 1. The van der Waals surface area contributed by atoms with E-state index < -0.39 is 0 Å². The molecular formula is C10H17N5. The third-order valence-corrected chi connectivity index (χ3v) is 2.03. The number of hydrogen-bond donors (Lipinski definition) is 3. The summed E-state index contributed by atoms with van der Waals surface area (Å²) in [7, 11) is 0. The van der Waals surface area contributed by atoms with E-state index in [1.54, 1.807) is 11.1 Å². The van der Waals surface area contributed by atoms with Gasteiger partial charge in [0.05, 0.1) is 11.4 Å². The highest BCUT2D eigenvalue weighted by atomic mass is 15.4. The van der Waals surface area contributed by atoms with Crippen LogP contribution in [-0.4, -0.2) is 16.0 Å². The Labute approximate surface area is 89.5 Å². The maximum atomic E-state index is 5.86. The first-order chi connectivity index (χ1) is 7.06. The quantitative estimate of drug-likeness (QED) is 0.496. The van der Waals surface area contributed by atoms with Crippen molar-refractivity contribution < 1.29 is 0 Å². The first-order valence-electron chi connectivity index (χ1n) is 4.75. The highest BCUT2D eigenvalue weighted by Gasteiger charge is 2.12. The van der Waals surface area contributed by atoms with Crippen LogP contribution in [0.3, 0.4) is 0 Å². The molecule has 1 aromatic heterocycles. The Morgan fingerprint density at radius 2 is 2.13 bits per heavy atom. The largest absolute Gasteiger partial charge is 0.403 e. The molecule has 0 radical (unpaired) electrons. The van der Waals surface area contributed by atoms with E-state index in [1.807, 2.05) is 26.0 Å². The molecule has 1 rings (SSSR count). The molecule has 0 unspecified atom stereocenters. The summed E-state index contributed by atoms with van der Waals surface area (Å²) < 4.78 is 0. The lowest BCUT2D eigenvalue weighted by atomic mass is 10.2. The van der Waals surface area contributed by atoms with Crippen LogP contribution >= 0.6 is 0 Å². The summed E-state index contributed by atoms with van der Waals surface area (Å²) in [5, 5.41) is 1.56. The van der Waals surface area contributed by atoms with Crippen LogP contribution in [-0.2, 0) is 0 Å². The minimum atomic E-state index is 0.142. The summed E-state index contributed by atoms with van der Waals surface area (Å²) in [5.41, 5.74) is 12.5. The zero-order valence-corrected chi connectivity index (χ0v) is 9.01. The molecule has 6 N–H and O–H groups in total. The Morgan fingerprint density at radius 1 is 1.47 bits per heavy atom. The average Bonchev–Trinajstić information content (AvgIpc) is 2.18. The molecule has 0 aliphatic carbocycles. The number of pyridine rings is 1. The van der Waals surface area contributed by atoms with Crippen molar-refractivity contribution >= 4 is 11.5 Å². The van der Waals surface area contributed by atoms with Crippen molar-refractivity contribution in [2.45, 2.75) is 19.9 Å². The van der Waals surface area contributed by atoms with Gasteiger partial charge in [-0.1, -0.05) is 6.07 Å². The van der Waals surface area contributed by atoms with Gasteiger partial charge in [-0.25, -0.2) is 10.8 Å². The maximum absolute atomic E-state index is 5.86. The summed E-state index contributed by atoms with van der Waals surface area (Å²) in [5.74, 6) is 6.31. The molecule has 0 aliphatic heterocycles. The van der Waals surface area contributed by atoms with Gasteiger partial charge in [-0.15, -0.1) is 0 Å². The van der Waals surface area contributed by atoms with Gasteiger partial charge in [0.15, 0.2) is 0 Å². The van der Waals surface area contributed by atoms with Crippen LogP contribution in [0.2, 0.25) is 0 Å². The SMILES string of the molecule is CC(C)N(N)/C(=C\N)c1cccc(N)n1. The van der Waals surface area contributed by atoms with E-state index in [2.05, 4.69) is 4.98 Å². The van der Waals surface area contributed by atoms with Crippen LogP contribution in [0, 0.1) is 0 Å². The van der Waals surface area contributed by atoms with E-state index in [0.29, 0.717) is 17.2 Å². The molecule has 0 spiro atoms. The summed E-state index contributed by atoms with van der Waals surface area (Å²) in [6.07, 6.45) is 1.43. The molecule has 0 amide bonds. The monoisotopic (exact) mass is 207 g/mol. The fourth-order valence-corrected chi connectivity index (χ4v) is 1.18. The molecule has 0 aromatic carbocycles. The Hall–Kier alpha value is -1.75. The average molecular weight is 207 g/mol. The van der Waals surface area contributed by atoms with Crippen LogP contribution in [0.4, 0.5) is 5.82 Å². The van der Waals surface area contributed by atoms with Crippen molar-refractivity contribution in [1.82, 2.24) is 9.99 Å². The molecule has 15 heavy (non-hydrogen) atoms. The molecule has 82 valence electrons. The highest BCUT2D eigenvalue weighted by Crippen LogP contribution is 2.16. The lowest BCUT2D eigenvalue weighted by Crippen LogP contribution is -2.36. The fraction of sp³-hybridized carbons (Fsp3) is 0.300. The zero-order valence-electron chi connectivity index (χ0n) is 9.01. The maximum Gasteiger partial charge on any atom is 0.124 e. The summed E-state index contributed by atoms with van der Waals surface area (Å²) >= 11 is 0. The van der Waals surface area contributed by atoms with E-state index in [0.717, 1.165) is 0 Å². The minimum Gasteiger partial charge on any atom is -0.403 e. The number of nitrogens with zero attached hydrogens (tertiary/aromatic N) is 2. The van der Waals surface area contributed by atoms with Gasteiger partial charge in [-0.3, -0.25) is 0 Å². The second kappa shape index (κ2) is 4.65. The third kappa shape index (κ3) is 2.60. The molecular weight excluding hydrogens is 190 g/mol. The van der Waals surface area contributed by atoms with Crippen LogP contribution in [0.1, 0.15) is 19.5 Å². The van der Waals surface area contributed by atoms with E-state index in [4.69, 9.17) is 17.3 Å². The Balaban J connectivity index is 3.04.